The van der Waals surface area contributed by atoms with Gasteiger partial charge in [0.1, 0.15) is 16.5 Å². The number of nitrogens with zero attached hydrogens (tertiary/aromatic N) is 4. The molecule has 0 aliphatic carbocycles. The molecule has 9 heteroatoms. The molecule has 1 N–H and O–H groups in total. The molecule has 1 saturated heterocycles. The average molecular weight is 451 g/mol. The number of aliphatic hydroxyl groups is 1. The second kappa shape index (κ2) is 9.27. The first-order chi connectivity index (χ1) is 15.5. The summed E-state index contributed by atoms with van der Waals surface area (Å²) in [4.78, 5) is 31.4. The molecule has 2 aromatic heterocycles. The van der Waals surface area contributed by atoms with Gasteiger partial charge in [-0.25, -0.2) is 0 Å². The van der Waals surface area contributed by atoms with E-state index in [-0.39, 0.29) is 11.3 Å². The largest absolute Gasteiger partial charge is 0.507 e. The number of carbonyl (C=O) groups excluding carboxylic acids is 2. The number of aryl methyl sites for hydroxylation is 1. The molecule has 0 saturated carbocycles. The van der Waals surface area contributed by atoms with Gasteiger partial charge in [-0.05, 0) is 43.2 Å². The Balaban J connectivity index is 1.85. The van der Waals surface area contributed by atoms with Crippen LogP contribution >= 0.6 is 11.3 Å². The normalized spacial score (nSPS) is 17.7. The van der Waals surface area contributed by atoms with E-state index >= 15 is 0 Å². The molecule has 0 radical (unpaired) electrons. The zero-order valence-corrected chi connectivity index (χ0v) is 18.5. The highest BCUT2D eigenvalue weighted by molar-refractivity contribution is 7.15. The Hall–Kier alpha value is -3.59. The number of aromatic nitrogens is 3. The highest BCUT2D eigenvalue weighted by atomic mass is 32.1. The fraction of sp³-hybridized carbons (Fsp3) is 0.261. The molecule has 0 bridgehead atoms. The van der Waals surface area contributed by atoms with E-state index < -0.39 is 17.7 Å². The fourth-order valence-electron chi connectivity index (χ4n) is 3.50. The highest BCUT2D eigenvalue weighted by Gasteiger charge is 2.48. The summed E-state index contributed by atoms with van der Waals surface area (Å²) in [5.41, 5.74) is 1.01. The van der Waals surface area contributed by atoms with E-state index in [0.717, 1.165) is 12.8 Å². The SMILES string of the molecule is CCCCOc1cccc(C2C(=C(O)c3ccncc3)C(=O)C(=O)N2c2nnc(C)s2)c1. The third-order valence-corrected chi connectivity index (χ3v) is 5.90. The third kappa shape index (κ3) is 4.11. The molecule has 1 unspecified atom stereocenters. The summed E-state index contributed by atoms with van der Waals surface area (Å²) in [7, 11) is 0. The van der Waals surface area contributed by atoms with Crippen molar-refractivity contribution in [2.45, 2.75) is 32.7 Å². The van der Waals surface area contributed by atoms with Crippen LogP contribution < -0.4 is 9.64 Å². The first-order valence-electron chi connectivity index (χ1n) is 10.3. The van der Waals surface area contributed by atoms with Gasteiger partial charge in [0, 0.05) is 18.0 Å². The minimum absolute atomic E-state index is 0.0141. The maximum Gasteiger partial charge on any atom is 0.301 e. The summed E-state index contributed by atoms with van der Waals surface area (Å²) >= 11 is 1.20. The molecule has 1 atom stereocenters. The molecule has 32 heavy (non-hydrogen) atoms. The maximum absolute atomic E-state index is 13.1. The van der Waals surface area contributed by atoms with Crippen molar-refractivity contribution in [1.82, 2.24) is 15.2 Å². The van der Waals surface area contributed by atoms with Crippen LogP contribution in [0.2, 0.25) is 0 Å². The first kappa shape index (κ1) is 21.6. The van der Waals surface area contributed by atoms with Gasteiger partial charge in [-0.15, -0.1) is 10.2 Å². The predicted octanol–water partition coefficient (Wildman–Crippen LogP) is 4.05. The van der Waals surface area contributed by atoms with Gasteiger partial charge in [-0.3, -0.25) is 19.5 Å². The zero-order valence-electron chi connectivity index (χ0n) is 17.7. The molecule has 3 aromatic rings. The van der Waals surface area contributed by atoms with Crippen LogP contribution in [0.3, 0.4) is 0 Å². The molecule has 1 aromatic carbocycles. The van der Waals surface area contributed by atoms with Crippen molar-refractivity contribution in [3.63, 3.8) is 0 Å². The Kier molecular flexibility index (Phi) is 6.27. The standard InChI is InChI=1S/C23H22N4O4S/c1-3-4-12-31-17-7-5-6-16(13-17)19-18(20(28)15-8-10-24-11-9-15)21(29)22(30)27(19)23-26-25-14(2)32-23/h5-11,13,19,28H,3-4,12H2,1-2H3. The van der Waals surface area contributed by atoms with Crippen molar-refractivity contribution in [3.8, 4) is 5.75 Å². The second-order valence-corrected chi connectivity index (χ2v) is 8.44. The van der Waals surface area contributed by atoms with Gasteiger partial charge in [-0.2, -0.15) is 0 Å². The van der Waals surface area contributed by atoms with Gasteiger partial charge >= 0.3 is 5.91 Å². The number of carbonyl (C=O) groups is 2. The molecule has 3 heterocycles. The van der Waals surface area contributed by atoms with E-state index in [1.165, 1.54) is 28.6 Å². The predicted molar refractivity (Wildman–Crippen MR) is 121 cm³/mol. The van der Waals surface area contributed by atoms with Crippen molar-refractivity contribution < 1.29 is 19.4 Å². The smallest absolute Gasteiger partial charge is 0.301 e. The van der Waals surface area contributed by atoms with Crippen molar-refractivity contribution in [3.05, 3.63) is 70.5 Å². The zero-order chi connectivity index (χ0) is 22.7. The minimum atomic E-state index is -0.870. The van der Waals surface area contributed by atoms with Crippen LogP contribution in [0.1, 0.15) is 41.9 Å². The van der Waals surface area contributed by atoms with Crippen LogP contribution in [-0.2, 0) is 9.59 Å². The van der Waals surface area contributed by atoms with E-state index in [2.05, 4.69) is 22.1 Å². The van der Waals surface area contributed by atoms with Crippen molar-refractivity contribution in [1.29, 1.82) is 0 Å². The Morgan fingerprint density at radius 2 is 1.97 bits per heavy atom. The Labute approximate surface area is 189 Å². The lowest BCUT2D eigenvalue weighted by atomic mass is 9.95. The van der Waals surface area contributed by atoms with Crippen LogP contribution in [0, 0.1) is 6.92 Å². The molecule has 1 fully saturated rings. The van der Waals surface area contributed by atoms with Crippen LogP contribution in [0.4, 0.5) is 5.13 Å². The number of aliphatic hydroxyl groups excluding tert-OH is 1. The highest BCUT2D eigenvalue weighted by Crippen LogP contribution is 2.43. The summed E-state index contributed by atoms with van der Waals surface area (Å²) in [6.07, 6.45) is 4.93. The van der Waals surface area contributed by atoms with Crippen molar-refractivity contribution in [2.24, 2.45) is 0 Å². The number of unbranched alkanes of at least 4 members (excludes halogenated alkanes) is 1. The van der Waals surface area contributed by atoms with E-state index in [1.807, 2.05) is 6.07 Å². The number of ketones is 1. The molecule has 1 aliphatic rings. The maximum atomic E-state index is 13.1. The van der Waals surface area contributed by atoms with Gasteiger partial charge in [0.15, 0.2) is 0 Å². The molecule has 1 aliphatic heterocycles. The lowest BCUT2D eigenvalue weighted by Gasteiger charge is -2.23. The van der Waals surface area contributed by atoms with E-state index in [1.54, 1.807) is 37.3 Å². The van der Waals surface area contributed by atoms with Gasteiger partial charge in [0.2, 0.25) is 5.13 Å². The molecule has 1 amide bonds. The number of pyridine rings is 1. The molecule has 4 rings (SSSR count). The number of hydrogen-bond donors (Lipinski definition) is 1. The Morgan fingerprint density at radius 1 is 1.19 bits per heavy atom. The summed E-state index contributed by atoms with van der Waals surface area (Å²) in [6.45, 7) is 4.41. The quantitative estimate of drug-likeness (QED) is 0.251. The summed E-state index contributed by atoms with van der Waals surface area (Å²) in [5.74, 6) is -1.19. The van der Waals surface area contributed by atoms with Crippen molar-refractivity contribution >= 4 is 33.9 Å². The monoisotopic (exact) mass is 450 g/mol. The van der Waals surface area contributed by atoms with Crippen LogP contribution in [-0.4, -0.2) is 38.6 Å². The van der Waals surface area contributed by atoms with E-state index in [4.69, 9.17) is 4.74 Å². The van der Waals surface area contributed by atoms with Crippen LogP contribution in [0.15, 0.2) is 54.4 Å². The molecule has 8 nitrogen and oxygen atoms in total. The molecule has 164 valence electrons. The first-order valence-corrected chi connectivity index (χ1v) is 11.1. The van der Waals surface area contributed by atoms with E-state index in [9.17, 15) is 14.7 Å². The van der Waals surface area contributed by atoms with Crippen LogP contribution in [0.5, 0.6) is 5.75 Å². The number of benzene rings is 1. The molecule has 0 spiro atoms. The van der Waals surface area contributed by atoms with Crippen molar-refractivity contribution in [2.75, 3.05) is 11.5 Å². The number of anilines is 1. The molecular weight excluding hydrogens is 428 g/mol. The Morgan fingerprint density at radius 3 is 2.66 bits per heavy atom. The summed E-state index contributed by atoms with van der Waals surface area (Å²) in [6, 6.07) is 9.50. The van der Waals surface area contributed by atoms with Gasteiger partial charge in [0.25, 0.3) is 5.78 Å². The van der Waals surface area contributed by atoms with Gasteiger partial charge < -0.3 is 9.84 Å². The number of hydrogen-bond acceptors (Lipinski definition) is 8. The molecular formula is C23H22N4O4S. The summed E-state index contributed by atoms with van der Waals surface area (Å²) in [5, 5.41) is 20.1. The number of amides is 1. The topological polar surface area (TPSA) is 106 Å². The number of rotatable bonds is 7. The van der Waals surface area contributed by atoms with Gasteiger partial charge in [-0.1, -0.05) is 36.8 Å². The lowest BCUT2D eigenvalue weighted by Crippen LogP contribution is -2.29. The lowest BCUT2D eigenvalue weighted by molar-refractivity contribution is -0.132. The van der Waals surface area contributed by atoms with Gasteiger partial charge in [0.05, 0.1) is 18.2 Å². The minimum Gasteiger partial charge on any atom is -0.507 e. The Bertz CT molecular complexity index is 1180. The summed E-state index contributed by atoms with van der Waals surface area (Å²) < 4.78 is 5.83. The number of Topliss-reactive ketones (excluding diaryl/α,β-unsaturated/α-hetero) is 1. The fourth-order valence-corrected chi connectivity index (χ4v) is 4.22. The third-order valence-electron chi connectivity index (χ3n) is 5.06. The average Bonchev–Trinajstić information content (AvgIpc) is 3.35. The second-order valence-electron chi connectivity index (χ2n) is 7.28. The van der Waals surface area contributed by atoms with Crippen LogP contribution in [0.25, 0.3) is 5.76 Å². The number of ether oxygens (including phenoxy) is 1. The van der Waals surface area contributed by atoms with E-state index in [0.29, 0.717) is 33.6 Å².